The van der Waals surface area contributed by atoms with E-state index in [-0.39, 0.29) is 5.82 Å². The first kappa shape index (κ1) is 10.6. The molecule has 16 heavy (non-hydrogen) atoms. The van der Waals surface area contributed by atoms with E-state index in [1.54, 1.807) is 24.5 Å². The molecular weight excluding hydrogens is 203 g/mol. The third-order valence-electron chi connectivity index (χ3n) is 2.43. The zero-order chi connectivity index (χ0) is 11.4. The number of anilines is 2. The van der Waals surface area contributed by atoms with Crippen molar-refractivity contribution < 1.29 is 4.39 Å². The number of benzene rings is 1. The lowest BCUT2D eigenvalue weighted by Crippen LogP contribution is -2.15. The van der Waals surface area contributed by atoms with Gasteiger partial charge in [-0.2, -0.15) is 0 Å². The smallest absolute Gasteiger partial charge is 0.123 e. The molecule has 2 nitrogen and oxygen atoms in total. The Morgan fingerprint density at radius 1 is 1.00 bits per heavy atom. The second-order valence-electron chi connectivity index (χ2n) is 3.43. The van der Waals surface area contributed by atoms with Crippen molar-refractivity contribution in [2.24, 2.45) is 0 Å². The molecule has 0 radical (unpaired) electrons. The van der Waals surface area contributed by atoms with Crippen LogP contribution in [0.15, 0.2) is 48.8 Å². The van der Waals surface area contributed by atoms with E-state index in [1.807, 2.05) is 12.1 Å². The fraction of sp³-hybridized carbons (Fsp3) is 0.154. The molecule has 0 fully saturated rings. The van der Waals surface area contributed by atoms with Crippen LogP contribution in [0, 0.1) is 5.82 Å². The highest BCUT2D eigenvalue weighted by Gasteiger charge is 2.06. The average molecular weight is 216 g/mol. The van der Waals surface area contributed by atoms with E-state index in [9.17, 15) is 4.39 Å². The molecule has 0 aliphatic rings. The molecule has 0 aliphatic heterocycles. The lowest BCUT2D eigenvalue weighted by atomic mass is 10.2. The van der Waals surface area contributed by atoms with Gasteiger partial charge in [-0.25, -0.2) is 4.39 Å². The Kier molecular flexibility index (Phi) is 3.15. The van der Waals surface area contributed by atoms with Crippen molar-refractivity contribution in [1.82, 2.24) is 4.98 Å². The second-order valence-corrected chi connectivity index (χ2v) is 3.43. The van der Waals surface area contributed by atoms with Crippen molar-refractivity contribution in [3.63, 3.8) is 0 Å². The Bertz CT molecular complexity index is 439. The van der Waals surface area contributed by atoms with Crippen LogP contribution in [-0.2, 0) is 0 Å². The van der Waals surface area contributed by atoms with E-state index in [2.05, 4.69) is 16.8 Å². The van der Waals surface area contributed by atoms with Crippen molar-refractivity contribution in [2.45, 2.75) is 6.92 Å². The molecule has 0 atom stereocenters. The summed E-state index contributed by atoms with van der Waals surface area (Å²) in [6.07, 6.45) is 3.50. The maximum Gasteiger partial charge on any atom is 0.123 e. The highest BCUT2D eigenvalue weighted by Crippen LogP contribution is 2.24. The molecule has 0 amide bonds. The van der Waals surface area contributed by atoms with Gasteiger partial charge in [0.15, 0.2) is 0 Å². The van der Waals surface area contributed by atoms with Crippen LogP contribution in [0.2, 0.25) is 0 Å². The second kappa shape index (κ2) is 4.75. The molecule has 3 heteroatoms. The van der Waals surface area contributed by atoms with Crippen molar-refractivity contribution in [1.29, 1.82) is 0 Å². The van der Waals surface area contributed by atoms with Gasteiger partial charge in [0, 0.05) is 30.3 Å². The third-order valence-corrected chi connectivity index (χ3v) is 2.43. The number of halogens is 1. The van der Waals surface area contributed by atoms with Gasteiger partial charge in [0.2, 0.25) is 0 Å². The lowest BCUT2D eigenvalue weighted by molar-refractivity contribution is 0.628. The van der Waals surface area contributed by atoms with Crippen LogP contribution < -0.4 is 4.90 Å². The largest absolute Gasteiger partial charge is 0.342 e. The van der Waals surface area contributed by atoms with Crippen molar-refractivity contribution in [3.05, 3.63) is 54.6 Å². The molecule has 1 aromatic heterocycles. The van der Waals surface area contributed by atoms with Gasteiger partial charge in [-0.15, -0.1) is 0 Å². The van der Waals surface area contributed by atoms with E-state index < -0.39 is 0 Å². The summed E-state index contributed by atoms with van der Waals surface area (Å²) < 4.78 is 12.8. The quantitative estimate of drug-likeness (QED) is 0.781. The summed E-state index contributed by atoms with van der Waals surface area (Å²) in [4.78, 5) is 6.08. The van der Waals surface area contributed by atoms with Gasteiger partial charge in [0.1, 0.15) is 5.82 Å². The van der Waals surface area contributed by atoms with Crippen molar-refractivity contribution in [2.75, 3.05) is 11.4 Å². The van der Waals surface area contributed by atoms with Crippen LogP contribution in [0.4, 0.5) is 15.8 Å². The standard InChI is InChI=1S/C13H13FN2/c1-2-16(13-7-9-15-10-8-13)12-5-3-11(14)4-6-12/h3-10H,2H2,1H3. The summed E-state index contributed by atoms with van der Waals surface area (Å²) in [6, 6.07) is 10.4. The maximum absolute atomic E-state index is 12.8. The summed E-state index contributed by atoms with van der Waals surface area (Å²) in [5.41, 5.74) is 2.04. The molecule has 2 aromatic rings. The first-order valence-corrected chi connectivity index (χ1v) is 5.24. The number of hydrogen-bond donors (Lipinski definition) is 0. The Labute approximate surface area is 94.4 Å². The topological polar surface area (TPSA) is 16.1 Å². The van der Waals surface area contributed by atoms with Crippen molar-refractivity contribution >= 4 is 11.4 Å². The van der Waals surface area contributed by atoms with Crippen LogP contribution in [0.25, 0.3) is 0 Å². The number of nitrogens with zero attached hydrogens (tertiary/aromatic N) is 2. The monoisotopic (exact) mass is 216 g/mol. The zero-order valence-corrected chi connectivity index (χ0v) is 9.10. The predicted octanol–water partition coefficient (Wildman–Crippen LogP) is 3.38. The lowest BCUT2D eigenvalue weighted by Gasteiger charge is -2.22. The van der Waals surface area contributed by atoms with Gasteiger partial charge in [-0.1, -0.05) is 0 Å². The fourth-order valence-corrected chi connectivity index (χ4v) is 1.66. The summed E-state index contributed by atoms with van der Waals surface area (Å²) in [7, 11) is 0. The molecule has 1 heterocycles. The summed E-state index contributed by atoms with van der Waals surface area (Å²) in [6.45, 7) is 2.89. The first-order valence-electron chi connectivity index (χ1n) is 5.24. The highest BCUT2D eigenvalue weighted by atomic mass is 19.1. The average Bonchev–Trinajstić information content (AvgIpc) is 2.34. The summed E-state index contributed by atoms with van der Waals surface area (Å²) in [5, 5.41) is 0. The van der Waals surface area contributed by atoms with Crippen LogP contribution in [-0.4, -0.2) is 11.5 Å². The van der Waals surface area contributed by atoms with Gasteiger partial charge >= 0.3 is 0 Å². The Hall–Kier alpha value is -1.90. The van der Waals surface area contributed by atoms with Gasteiger partial charge in [0.25, 0.3) is 0 Å². The Morgan fingerprint density at radius 3 is 2.12 bits per heavy atom. The molecule has 0 saturated heterocycles. The van der Waals surface area contributed by atoms with Gasteiger partial charge in [-0.3, -0.25) is 4.98 Å². The normalized spacial score (nSPS) is 10.1. The SMILES string of the molecule is CCN(c1ccncc1)c1ccc(F)cc1. The molecule has 1 aromatic carbocycles. The van der Waals surface area contributed by atoms with Crippen LogP contribution >= 0.6 is 0 Å². The summed E-state index contributed by atoms with van der Waals surface area (Å²) >= 11 is 0. The minimum absolute atomic E-state index is 0.213. The number of rotatable bonds is 3. The van der Waals surface area contributed by atoms with E-state index in [4.69, 9.17) is 0 Å². The highest BCUT2D eigenvalue weighted by molar-refractivity contribution is 5.62. The van der Waals surface area contributed by atoms with Crippen LogP contribution in [0.5, 0.6) is 0 Å². The van der Waals surface area contributed by atoms with Gasteiger partial charge < -0.3 is 4.90 Å². The Morgan fingerprint density at radius 2 is 1.56 bits per heavy atom. The molecule has 0 saturated carbocycles. The fourth-order valence-electron chi connectivity index (χ4n) is 1.66. The maximum atomic E-state index is 12.8. The Balaban J connectivity index is 2.33. The molecule has 0 unspecified atom stereocenters. The number of pyridine rings is 1. The molecule has 82 valence electrons. The first-order chi connectivity index (χ1) is 7.81. The summed E-state index contributed by atoms with van der Waals surface area (Å²) in [5.74, 6) is -0.213. The van der Waals surface area contributed by atoms with Crippen molar-refractivity contribution in [3.8, 4) is 0 Å². The minimum atomic E-state index is -0.213. The zero-order valence-electron chi connectivity index (χ0n) is 9.10. The molecule has 0 aliphatic carbocycles. The minimum Gasteiger partial charge on any atom is -0.342 e. The van der Waals surface area contributed by atoms with Crippen LogP contribution in [0.3, 0.4) is 0 Å². The van der Waals surface area contributed by atoms with E-state index in [0.29, 0.717) is 0 Å². The third kappa shape index (κ3) is 2.19. The van der Waals surface area contributed by atoms with Gasteiger partial charge in [0.05, 0.1) is 0 Å². The molecule has 0 bridgehead atoms. The predicted molar refractivity (Wildman–Crippen MR) is 63.3 cm³/mol. The molecule has 0 spiro atoms. The molecule has 2 rings (SSSR count). The molecular formula is C13H13FN2. The number of aromatic nitrogens is 1. The van der Waals surface area contributed by atoms with Crippen LogP contribution in [0.1, 0.15) is 6.92 Å². The van der Waals surface area contributed by atoms with E-state index in [0.717, 1.165) is 17.9 Å². The molecule has 0 N–H and O–H groups in total. The van der Waals surface area contributed by atoms with Gasteiger partial charge in [-0.05, 0) is 43.3 Å². The van der Waals surface area contributed by atoms with E-state index in [1.165, 1.54) is 12.1 Å². The number of hydrogen-bond acceptors (Lipinski definition) is 2. The van der Waals surface area contributed by atoms with E-state index >= 15 is 0 Å².